The zero-order valence-corrected chi connectivity index (χ0v) is 8.50. The summed E-state index contributed by atoms with van der Waals surface area (Å²) >= 11 is 5.46. The highest BCUT2D eigenvalue weighted by Gasteiger charge is 2.21. The van der Waals surface area contributed by atoms with Crippen LogP contribution in [0, 0.1) is 11.3 Å². The third-order valence-electron chi connectivity index (χ3n) is 1.77. The molecule has 0 aliphatic heterocycles. The maximum atomic E-state index is 12.6. The molecule has 7 heteroatoms. The van der Waals surface area contributed by atoms with E-state index in [1.165, 1.54) is 0 Å². The van der Waals surface area contributed by atoms with Crippen LogP contribution in [0.25, 0.3) is 0 Å². The number of carboxylic acid groups (broad SMARTS) is 1. The van der Waals surface area contributed by atoms with Crippen LogP contribution in [0.2, 0.25) is 5.15 Å². The van der Waals surface area contributed by atoms with Gasteiger partial charge in [-0.2, -0.15) is 5.26 Å². The highest BCUT2D eigenvalue weighted by atomic mass is 35.5. The average molecular weight is 247 g/mol. The summed E-state index contributed by atoms with van der Waals surface area (Å²) < 4.78 is 25.1. The number of aromatic nitrogens is 1. The number of alkyl halides is 2. The fourth-order valence-corrected chi connectivity index (χ4v) is 1.47. The SMILES string of the molecule is N#Cc1cc(CC(=O)O)c(C(F)F)c(Cl)n1. The van der Waals surface area contributed by atoms with Crippen LogP contribution in [-0.2, 0) is 11.2 Å². The largest absolute Gasteiger partial charge is 0.481 e. The second-order valence-electron chi connectivity index (χ2n) is 2.85. The molecule has 0 amide bonds. The summed E-state index contributed by atoms with van der Waals surface area (Å²) in [4.78, 5) is 13.9. The number of pyridine rings is 1. The first kappa shape index (κ1) is 12.3. The van der Waals surface area contributed by atoms with E-state index in [1.807, 2.05) is 0 Å². The van der Waals surface area contributed by atoms with Crippen LogP contribution >= 0.6 is 11.6 Å². The van der Waals surface area contributed by atoms with Gasteiger partial charge in [-0.05, 0) is 11.6 Å². The Morgan fingerprint density at radius 3 is 2.75 bits per heavy atom. The van der Waals surface area contributed by atoms with Crippen LogP contribution in [0.4, 0.5) is 8.78 Å². The van der Waals surface area contributed by atoms with E-state index in [1.54, 1.807) is 6.07 Å². The molecule has 0 fully saturated rings. The topological polar surface area (TPSA) is 74.0 Å². The zero-order chi connectivity index (χ0) is 12.3. The average Bonchev–Trinajstić information content (AvgIpc) is 2.14. The van der Waals surface area contributed by atoms with Gasteiger partial charge in [-0.3, -0.25) is 4.79 Å². The van der Waals surface area contributed by atoms with Crippen molar-refractivity contribution in [3.8, 4) is 6.07 Å². The zero-order valence-electron chi connectivity index (χ0n) is 7.75. The van der Waals surface area contributed by atoms with E-state index in [0.717, 1.165) is 6.07 Å². The molecule has 1 heterocycles. The summed E-state index contributed by atoms with van der Waals surface area (Å²) in [6, 6.07) is 2.62. The summed E-state index contributed by atoms with van der Waals surface area (Å²) in [5.74, 6) is -1.28. The molecule has 0 unspecified atom stereocenters. The molecule has 84 valence electrons. The van der Waals surface area contributed by atoms with Gasteiger partial charge in [0, 0.05) is 0 Å². The molecule has 1 aromatic heterocycles. The lowest BCUT2D eigenvalue weighted by atomic mass is 10.1. The van der Waals surface area contributed by atoms with Crippen molar-refractivity contribution in [2.45, 2.75) is 12.8 Å². The molecular weight excluding hydrogens is 242 g/mol. The van der Waals surface area contributed by atoms with Crippen LogP contribution in [0.15, 0.2) is 6.07 Å². The van der Waals surface area contributed by atoms with Crippen molar-refractivity contribution in [3.63, 3.8) is 0 Å². The molecule has 1 N–H and O–H groups in total. The summed E-state index contributed by atoms with van der Waals surface area (Å²) in [6.45, 7) is 0. The molecule has 16 heavy (non-hydrogen) atoms. The fourth-order valence-electron chi connectivity index (χ4n) is 1.17. The molecular formula is C9H5ClF2N2O2. The minimum atomic E-state index is -2.93. The predicted octanol–water partition coefficient (Wildman–Crippen LogP) is 2.17. The van der Waals surface area contributed by atoms with Gasteiger partial charge in [0.2, 0.25) is 0 Å². The van der Waals surface area contributed by atoms with Gasteiger partial charge in [0.1, 0.15) is 16.9 Å². The van der Waals surface area contributed by atoms with Crippen LogP contribution < -0.4 is 0 Å². The first-order chi connectivity index (χ1) is 7.45. The Morgan fingerprint density at radius 2 is 2.31 bits per heavy atom. The van der Waals surface area contributed by atoms with E-state index < -0.39 is 29.5 Å². The first-order valence-electron chi connectivity index (χ1n) is 4.05. The monoisotopic (exact) mass is 246 g/mol. The number of nitrogens with zero attached hydrogens (tertiary/aromatic N) is 2. The Morgan fingerprint density at radius 1 is 1.69 bits per heavy atom. The van der Waals surface area contributed by atoms with E-state index in [4.69, 9.17) is 22.0 Å². The molecule has 0 radical (unpaired) electrons. The normalized spacial score (nSPS) is 10.2. The maximum absolute atomic E-state index is 12.6. The van der Waals surface area contributed by atoms with E-state index in [9.17, 15) is 13.6 Å². The highest BCUT2D eigenvalue weighted by Crippen LogP contribution is 2.29. The van der Waals surface area contributed by atoms with Crippen molar-refractivity contribution >= 4 is 17.6 Å². The van der Waals surface area contributed by atoms with Crippen molar-refractivity contribution in [2.75, 3.05) is 0 Å². The van der Waals surface area contributed by atoms with Crippen LogP contribution in [-0.4, -0.2) is 16.1 Å². The Kier molecular flexibility index (Phi) is 3.74. The predicted molar refractivity (Wildman–Crippen MR) is 50.3 cm³/mol. The Labute approximate surface area is 94.1 Å². The minimum Gasteiger partial charge on any atom is -0.481 e. The second-order valence-corrected chi connectivity index (χ2v) is 3.21. The number of hydrogen-bond acceptors (Lipinski definition) is 3. The van der Waals surface area contributed by atoms with Crippen LogP contribution in [0.5, 0.6) is 0 Å². The Bertz CT molecular complexity index is 471. The van der Waals surface area contributed by atoms with Crippen LogP contribution in [0.1, 0.15) is 23.2 Å². The molecule has 0 saturated heterocycles. The minimum absolute atomic E-state index is 0.189. The van der Waals surface area contributed by atoms with E-state index in [2.05, 4.69) is 4.98 Å². The molecule has 1 rings (SSSR count). The summed E-state index contributed by atoms with van der Waals surface area (Å²) in [5.41, 5.74) is -1.02. The van der Waals surface area contributed by atoms with Gasteiger partial charge in [-0.15, -0.1) is 0 Å². The smallest absolute Gasteiger partial charge is 0.307 e. The van der Waals surface area contributed by atoms with Gasteiger partial charge in [-0.1, -0.05) is 11.6 Å². The van der Waals surface area contributed by atoms with Gasteiger partial charge in [0.05, 0.1) is 12.0 Å². The molecule has 0 atom stereocenters. The van der Waals surface area contributed by atoms with Gasteiger partial charge < -0.3 is 5.11 Å². The van der Waals surface area contributed by atoms with E-state index in [-0.39, 0.29) is 11.3 Å². The highest BCUT2D eigenvalue weighted by molar-refractivity contribution is 6.30. The summed E-state index contributed by atoms with van der Waals surface area (Å²) in [6.07, 6.45) is -3.56. The van der Waals surface area contributed by atoms with E-state index in [0.29, 0.717) is 0 Å². The number of aliphatic carboxylic acids is 1. The lowest BCUT2D eigenvalue weighted by Crippen LogP contribution is -2.06. The number of halogens is 3. The first-order valence-corrected chi connectivity index (χ1v) is 4.43. The second kappa shape index (κ2) is 4.86. The number of rotatable bonds is 3. The third-order valence-corrected chi connectivity index (χ3v) is 2.06. The molecule has 0 aliphatic carbocycles. The summed E-state index contributed by atoms with van der Waals surface area (Å²) in [7, 11) is 0. The molecule has 0 saturated carbocycles. The lowest BCUT2D eigenvalue weighted by molar-refractivity contribution is -0.136. The number of carbonyl (C=O) groups is 1. The van der Waals surface area contributed by atoms with Gasteiger partial charge in [0.25, 0.3) is 6.43 Å². The van der Waals surface area contributed by atoms with Crippen molar-refractivity contribution < 1.29 is 18.7 Å². The van der Waals surface area contributed by atoms with Crippen molar-refractivity contribution in [1.29, 1.82) is 5.26 Å². The number of hydrogen-bond donors (Lipinski definition) is 1. The molecule has 1 aromatic rings. The Hall–Kier alpha value is -1.74. The molecule has 4 nitrogen and oxygen atoms in total. The summed E-state index contributed by atoms with van der Waals surface area (Å²) in [5, 5.41) is 16.5. The molecule has 0 bridgehead atoms. The number of nitriles is 1. The standard InChI is InChI=1S/C9H5ClF2N2O2/c10-8-7(9(11)12)4(2-6(15)16)1-5(3-13)14-8/h1,9H,2H2,(H,15,16). The third kappa shape index (κ3) is 2.64. The maximum Gasteiger partial charge on any atom is 0.307 e. The van der Waals surface area contributed by atoms with Gasteiger partial charge in [-0.25, -0.2) is 13.8 Å². The van der Waals surface area contributed by atoms with Crippen LogP contribution in [0.3, 0.4) is 0 Å². The molecule has 0 aliphatic rings. The molecule has 0 spiro atoms. The van der Waals surface area contributed by atoms with E-state index >= 15 is 0 Å². The Balaban J connectivity index is 3.35. The van der Waals surface area contributed by atoms with Gasteiger partial charge in [0.15, 0.2) is 0 Å². The fraction of sp³-hybridized carbons (Fsp3) is 0.222. The number of carboxylic acids is 1. The van der Waals surface area contributed by atoms with Crippen molar-refractivity contribution in [3.05, 3.63) is 28.0 Å². The van der Waals surface area contributed by atoms with Crippen molar-refractivity contribution in [2.24, 2.45) is 0 Å². The van der Waals surface area contributed by atoms with Crippen molar-refractivity contribution in [1.82, 2.24) is 4.98 Å². The lowest BCUT2D eigenvalue weighted by Gasteiger charge is -2.08. The quantitative estimate of drug-likeness (QED) is 0.830. The molecule has 0 aromatic carbocycles. The van der Waals surface area contributed by atoms with Gasteiger partial charge >= 0.3 is 5.97 Å².